The number of hydrogen-bond acceptors (Lipinski definition) is 4. The fraction of sp³-hybridized carbons (Fsp3) is 0.500. The molecule has 0 aliphatic rings. The molecule has 0 bridgehead atoms. The average molecular weight is 274 g/mol. The molecular formula is C12H22N2O3S. The minimum absolute atomic E-state index is 0.0278. The van der Waals surface area contributed by atoms with Crippen LogP contribution in [0, 0.1) is 6.92 Å². The Morgan fingerprint density at radius 2 is 1.83 bits per heavy atom. The topological polar surface area (TPSA) is 83.6 Å². The van der Waals surface area contributed by atoms with Gasteiger partial charge in [0.25, 0.3) is 10.1 Å². The third-order valence-corrected chi connectivity index (χ3v) is 3.04. The maximum absolute atomic E-state index is 10.6. The van der Waals surface area contributed by atoms with E-state index in [1.165, 1.54) is 6.07 Å². The summed E-state index contributed by atoms with van der Waals surface area (Å²) in [6.45, 7) is 4.60. The van der Waals surface area contributed by atoms with E-state index in [1.807, 2.05) is 21.0 Å². The van der Waals surface area contributed by atoms with Crippen LogP contribution in [0.15, 0.2) is 29.2 Å². The van der Waals surface area contributed by atoms with E-state index in [0.717, 1.165) is 6.54 Å². The standard InChI is InChI=1S/C7H8O3S.C5H14N2/c1-6-4-2-3-5-7(6)11(8,9)10;1-5(6)4-7(2)3/h2-5H,1H3,(H,8,9,10);5H,4,6H2,1-3H3. The SMILES string of the molecule is CC(N)CN(C)C.Cc1ccccc1S(=O)(=O)O. The molecule has 0 aromatic heterocycles. The third kappa shape index (κ3) is 7.39. The lowest BCUT2D eigenvalue weighted by atomic mass is 10.2. The lowest BCUT2D eigenvalue weighted by molar-refractivity contribution is 0.383. The first-order chi connectivity index (χ1) is 8.14. The summed E-state index contributed by atoms with van der Waals surface area (Å²) in [5.41, 5.74) is 6.00. The number of nitrogens with two attached hydrogens (primary N) is 1. The number of nitrogens with zero attached hydrogens (tertiary/aromatic N) is 1. The van der Waals surface area contributed by atoms with Gasteiger partial charge in [-0.2, -0.15) is 8.42 Å². The van der Waals surface area contributed by atoms with Crippen molar-refractivity contribution in [3.8, 4) is 0 Å². The van der Waals surface area contributed by atoms with Crippen molar-refractivity contribution in [2.45, 2.75) is 24.8 Å². The Kier molecular flexibility index (Phi) is 7.08. The molecule has 6 heteroatoms. The summed E-state index contributed by atoms with van der Waals surface area (Å²) in [5, 5.41) is 0. The first-order valence-electron chi connectivity index (χ1n) is 5.58. The lowest BCUT2D eigenvalue weighted by Gasteiger charge is -2.11. The maximum Gasteiger partial charge on any atom is 0.294 e. The zero-order valence-electron chi connectivity index (χ0n) is 11.3. The van der Waals surface area contributed by atoms with Crippen LogP contribution in [-0.4, -0.2) is 44.6 Å². The van der Waals surface area contributed by atoms with E-state index in [-0.39, 0.29) is 4.90 Å². The Labute approximate surface area is 109 Å². The van der Waals surface area contributed by atoms with Crippen LogP contribution in [0.3, 0.4) is 0 Å². The molecule has 5 nitrogen and oxygen atoms in total. The normalized spacial score (nSPS) is 12.8. The Balaban J connectivity index is 0.000000360. The van der Waals surface area contributed by atoms with Crippen LogP contribution in [0.2, 0.25) is 0 Å². The summed E-state index contributed by atoms with van der Waals surface area (Å²) >= 11 is 0. The molecule has 104 valence electrons. The van der Waals surface area contributed by atoms with E-state index in [0.29, 0.717) is 11.6 Å². The van der Waals surface area contributed by atoms with Crippen molar-refractivity contribution < 1.29 is 13.0 Å². The van der Waals surface area contributed by atoms with E-state index in [2.05, 4.69) is 4.90 Å². The maximum atomic E-state index is 10.6. The van der Waals surface area contributed by atoms with Crippen molar-refractivity contribution in [1.82, 2.24) is 4.90 Å². The predicted octanol–water partition coefficient (Wildman–Crippen LogP) is 1.14. The van der Waals surface area contributed by atoms with E-state index in [9.17, 15) is 8.42 Å². The van der Waals surface area contributed by atoms with Crippen LogP contribution in [-0.2, 0) is 10.1 Å². The highest BCUT2D eigenvalue weighted by Gasteiger charge is 2.10. The summed E-state index contributed by atoms with van der Waals surface area (Å²) in [5.74, 6) is 0. The monoisotopic (exact) mass is 274 g/mol. The lowest BCUT2D eigenvalue weighted by Crippen LogP contribution is -2.29. The average Bonchev–Trinajstić information content (AvgIpc) is 2.14. The molecule has 0 aliphatic heterocycles. The van der Waals surface area contributed by atoms with Gasteiger partial charge in [0, 0.05) is 12.6 Å². The second-order valence-corrected chi connectivity index (χ2v) is 5.87. The Morgan fingerprint density at radius 1 is 1.33 bits per heavy atom. The van der Waals surface area contributed by atoms with Gasteiger partial charge in [-0.25, -0.2) is 0 Å². The molecule has 1 unspecified atom stereocenters. The fourth-order valence-electron chi connectivity index (χ4n) is 1.42. The van der Waals surface area contributed by atoms with Crippen molar-refractivity contribution in [1.29, 1.82) is 0 Å². The summed E-state index contributed by atoms with van der Waals surface area (Å²) < 4.78 is 29.9. The molecule has 0 spiro atoms. The summed E-state index contributed by atoms with van der Waals surface area (Å²) in [4.78, 5) is 2.05. The zero-order valence-corrected chi connectivity index (χ0v) is 12.1. The van der Waals surface area contributed by atoms with Gasteiger partial charge in [0.15, 0.2) is 0 Å². The first-order valence-corrected chi connectivity index (χ1v) is 7.02. The number of benzene rings is 1. The van der Waals surface area contributed by atoms with E-state index in [4.69, 9.17) is 10.3 Å². The van der Waals surface area contributed by atoms with Crippen molar-refractivity contribution in [3.63, 3.8) is 0 Å². The molecular weight excluding hydrogens is 252 g/mol. The van der Waals surface area contributed by atoms with Crippen LogP contribution in [0.25, 0.3) is 0 Å². The fourth-order valence-corrected chi connectivity index (χ4v) is 2.15. The molecule has 0 aliphatic carbocycles. The smallest absolute Gasteiger partial charge is 0.294 e. The van der Waals surface area contributed by atoms with E-state index < -0.39 is 10.1 Å². The van der Waals surface area contributed by atoms with Crippen molar-refractivity contribution >= 4 is 10.1 Å². The molecule has 18 heavy (non-hydrogen) atoms. The number of aryl methyl sites for hydroxylation is 1. The van der Waals surface area contributed by atoms with Gasteiger partial charge in [-0.3, -0.25) is 4.55 Å². The Hall–Kier alpha value is -0.950. The number of hydrogen-bond donors (Lipinski definition) is 2. The minimum atomic E-state index is -4.03. The second kappa shape index (κ2) is 7.48. The molecule has 0 fully saturated rings. The Morgan fingerprint density at radius 3 is 2.06 bits per heavy atom. The highest BCUT2D eigenvalue weighted by molar-refractivity contribution is 7.85. The van der Waals surface area contributed by atoms with Crippen LogP contribution < -0.4 is 5.73 Å². The second-order valence-electron chi connectivity index (χ2n) is 4.48. The van der Waals surface area contributed by atoms with Crippen molar-refractivity contribution in [2.24, 2.45) is 5.73 Å². The summed E-state index contributed by atoms with van der Waals surface area (Å²) in [7, 11) is 0.000949. The molecule has 1 atom stereocenters. The number of rotatable bonds is 3. The largest absolute Gasteiger partial charge is 0.327 e. The highest BCUT2D eigenvalue weighted by Crippen LogP contribution is 2.12. The van der Waals surface area contributed by atoms with Gasteiger partial charge >= 0.3 is 0 Å². The molecule has 0 radical (unpaired) electrons. The highest BCUT2D eigenvalue weighted by atomic mass is 32.2. The van der Waals surface area contributed by atoms with Gasteiger partial charge in [-0.05, 0) is 39.6 Å². The first kappa shape index (κ1) is 17.1. The van der Waals surface area contributed by atoms with Crippen molar-refractivity contribution in [2.75, 3.05) is 20.6 Å². The number of likely N-dealkylation sites (N-methyl/N-ethyl adjacent to an activating group) is 1. The van der Waals surface area contributed by atoms with Crippen LogP contribution in [0.1, 0.15) is 12.5 Å². The molecule has 3 N–H and O–H groups in total. The van der Waals surface area contributed by atoms with Gasteiger partial charge in [-0.1, -0.05) is 18.2 Å². The van der Waals surface area contributed by atoms with Crippen LogP contribution in [0.4, 0.5) is 0 Å². The van der Waals surface area contributed by atoms with Gasteiger partial charge in [0.2, 0.25) is 0 Å². The molecule has 0 heterocycles. The zero-order chi connectivity index (χ0) is 14.3. The molecule has 0 amide bonds. The van der Waals surface area contributed by atoms with Gasteiger partial charge in [0.05, 0.1) is 4.90 Å². The molecule has 1 rings (SSSR count). The third-order valence-electron chi connectivity index (χ3n) is 2.02. The summed E-state index contributed by atoms with van der Waals surface area (Å²) in [6.07, 6.45) is 0. The van der Waals surface area contributed by atoms with E-state index >= 15 is 0 Å². The van der Waals surface area contributed by atoms with E-state index in [1.54, 1.807) is 25.1 Å². The molecule has 0 saturated heterocycles. The Bertz CT molecular complexity index is 450. The molecule has 1 aromatic carbocycles. The molecule has 1 aromatic rings. The summed E-state index contributed by atoms with van der Waals surface area (Å²) in [6, 6.07) is 6.57. The van der Waals surface area contributed by atoms with Gasteiger partial charge < -0.3 is 10.6 Å². The quantitative estimate of drug-likeness (QED) is 0.807. The van der Waals surface area contributed by atoms with Gasteiger partial charge in [0.1, 0.15) is 0 Å². The van der Waals surface area contributed by atoms with Gasteiger partial charge in [-0.15, -0.1) is 0 Å². The predicted molar refractivity (Wildman–Crippen MR) is 73.2 cm³/mol. The molecule has 0 saturated carbocycles. The van der Waals surface area contributed by atoms with Crippen molar-refractivity contribution in [3.05, 3.63) is 29.8 Å². The van der Waals surface area contributed by atoms with Crippen LogP contribution in [0.5, 0.6) is 0 Å². The minimum Gasteiger partial charge on any atom is -0.327 e. The van der Waals surface area contributed by atoms with Crippen LogP contribution >= 0.6 is 0 Å².